The molecule has 1 heterocycles. The zero-order valence-corrected chi connectivity index (χ0v) is 8.79. The van der Waals surface area contributed by atoms with Crippen LogP contribution in [0.3, 0.4) is 0 Å². The van der Waals surface area contributed by atoms with Gasteiger partial charge in [-0.3, -0.25) is 0 Å². The van der Waals surface area contributed by atoms with E-state index in [1.807, 2.05) is 6.07 Å². The van der Waals surface area contributed by atoms with Gasteiger partial charge in [0.15, 0.2) is 5.75 Å². The monoisotopic (exact) mass is 227 g/mol. The topological polar surface area (TPSA) is 66.5 Å². The molecular formula is C13H9NO3. The fourth-order valence-corrected chi connectivity index (χ4v) is 1.78. The van der Waals surface area contributed by atoms with Crippen molar-refractivity contribution in [2.45, 2.75) is 0 Å². The van der Waals surface area contributed by atoms with Crippen molar-refractivity contribution in [1.82, 2.24) is 5.16 Å². The summed E-state index contributed by atoms with van der Waals surface area (Å²) in [5.41, 5.74) is 1.85. The molecule has 0 saturated heterocycles. The number of nitrogens with zero attached hydrogens (tertiary/aromatic N) is 1. The number of hydrogen-bond acceptors (Lipinski definition) is 4. The van der Waals surface area contributed by atoms with Crippen LogP contribution in [-0.2, 0) is 0 Å². The summed E-state index contributed by atoms with van der Waals surface area (Å²) >= 11 is 0. The third kappa shape index (κ3) is 1.50. The van der Waals surface area contributed by atoms with Crippen LogP contribution in [0.15, 0.2) is 47.0 Å². The summed E-state index contributed by atoms with van der Waals surface area (Å²) in [5, 5.41) is 23.5. The van der Waals surface area contributed by atoms with Crippen molar-refractivity contribution in [3.8, 4) is 22.8 Å². The molecule has 2 aromatic carbocycles. The average Bonchev–Trinajstić information content (AvgIpc) is 2.75. The number of aromatic nitrogens is 1. The summed E-state index contributed by atoms with van der Waals surface area (Å²) in [7, 11) is 0. The van der Waals surface area contributed by atoms with Gasteiger partial charge < -0.3 is 14.7 Å². The Labute approximate surface area is 96.7 Å². The van der Waals surface area contributed by atoms with Crippen molar-refractivity contribution < 1.29 is 14.7 Å². The molecule has 4 heteroatoms. The maximum Gasteiger partial charge on any atom is 0.209 e. The number of benzene rings is 2. The Morgan fingerprint density at radius 1 is 0.941 bits per heavy atom. The lowest BCUT2D eigenvalue weighted by Crippen LogP contribution is -1.77. The van der Waals surface area contributed by atoms with Gasteiger partial charge in [0.25, 0.3) is 0 Å². The van der Waals surface area contributed by atoms with Crippen LogP contribution in [-0.4, -0.2) is 15.4 Å². The van der Waals surface area contributed by atoms with Crippen molar-refractivity contribution in [3.63, 3.8) is 0 Å². The Morgan fingerprint density at radius 2 is 1.71 bits per heavy atom. The van der Waals surface area contributed by atoms with Crippen molar-refractivity contribution in [3.05, 3.63) is 42.5 Å². The average molecular weight is 227 g/mol. The zero-order valence-electron chi connectivity index (χ0n) is 8.79. The highest BCUT2D eigenvalue weighted by Crippen LogP contribution is 2.32. The van der Waals surface area contributed by atoms with Gasteiger partial charge in [0.05, 0.1) is 5.39 Å². The number of phenolic OH excluding ortho intramolecular Hbond substituents is 2. The van der Waals surface area contributed by atoms with Crippen molar-refractivity contribution >= 4 is 11.0 Å². The first-order chi connectivity index (χ1) is 8.25. The van der Waals surface area contributed by atoms with E-state index >= 15 is 0 Å². The van der Waals surface area contributed by atoms with Gasteiger partial charge in [0.1, 0.15) is 11.4 Å². The summed E-state index contributed by atoms with van der Waals surface area (Å²) in [5.74, 6) is 0.268. The summed E-state index contributed by atoms with van der Waals surface area (Å²) in [6.07, 6.45) is 0. The smallest absolute Gasteiger partial charge is 0.209 e. The van der Waals surface area contributed by atoms with Crippen LogP contribution >= 0.6 is 0 Å². The lowest BCUT2D eigenvalue weighted by Gasteiger charge is -1.97. The van der Waals surface area contributed by atoms with E-state index in [1.165, 1.54) is 0 Å². The summed E-state index contributed by atoms with van der Waals surface area (Å²) in [6, 6.07) is 11.8. The second-order valence-corrected chi connectivity index (χ2v) is 3.73. The first-order valence-electron chi connectivity index (χ1n) is 5.12. The summed E-state index contributed by atoms with van der Waals surface area (Å²) in [4.78, 5) is 0. The number of phenols is 2. The van der Waals surface area contributed by atoms with Crippen LogP contribution < -0.4 is 0 Å². The van der Waals surface area contributed by atoms with Crippen molar-refractivity contribution in [2.75, 3.05) is 0 Å². The van der Waals surface area contributed by atoms with Gasteiger partial charge in [-0.2, -0.15) is 0 Å². The molecule has 4 nitrogen and oxygen atoms in total. The van der Waals surface area contributed by atoms with Gasteiger partial charge in [-0.25, -0.2) is 0 Å². The first kappa shape index (κ1) is 9.72. The molecule has 0 bridgehead atoms. The number of rotatable bonds is 1. The number of hydrogen-bond donors (Lipinski definition) is 2. The van der Waals surface area contributed by atoms with Crippen LogP contribution in [0, 0.1) is 0 Å². The lowest BCUT2D eigenvalue weighted by atomic mass is 10.1. The van der Waals surface area contributed by atoms with Crippen LogP contribution in [0.25, 0.3) is 22.2 Å². The molecular weight excluding hydrogens is 218 g/mol. The van der Waals surface area contributed by atoms with E-state index in [2.05, 4.69) is 5.16 Å². The molecule has 17 heavy (non-hydrogen) atoms. The second-order valence-electron chi connectivity index (χ2n) is 3.73. The second kappa shape index (κ2) is 3.52. The van der Waals surface area contributed by atoms with Crippen molar-refractivity contribution in [2.24, 2.45) is 0 Å². The van der Waals surface area contributed by atoms with Gasteiger partial charge in [-0.05, 0) is 36.4 Å². The lowest BCUT2D eigenvalue weighted by molar-refractivity contribution is 0.424. The standard InChI is InChI=1S/C13H9NO3/c15-9-6-4-8(5-7-9)12-10-2-1-3-11(16)13(10)17-14-12/h1-7,15-16H. The van der Waals surface area contributed by atoms with Gasteiger partial charge in [-0.1, -0.05) is 11.2 Å². The van der Waals surface area contributed by atoms with E-state index in [4.69, 9.17) is 4.52 Å². The fourth-order valence-electron chi connectivity index (χ4n) is 1.78. The molecule has 0 aliphatic carbocycles. The molecule has 0 spiro atoms. The molecule has 2 N–H and O–H groups in total. The van der Waals surface area contributed by atoms with E-state index in [-0.39, 0.29) is 11.5 Å². The van der Waals surface area contributed by atoms with E-state index in [9.17, 15) is 10.2 Å². The maximum absolute atomic E-state index is 9.60. The largest absolute Gasteiger partial charge is 0.508 e. The van der Waals surface area contributed by atoms with Gasteiger partial charge in [0.2, 0.25) is 5.58 Å². The Morgan fingerprint density at radius 3 is 2.47 bits per heavy atom. The summed E-state index contributed by atoms with van der Waals surface area (Å²) < 4.78 is 5.10. The molecule has 0 atom stereocenters. The van der Waals surface area contributed by atoms with E-state index in [0.29, 0.717) is 11.3 Å². The summed E-state index contributed by atoms with van der Waals surface area (Å²) in [6.45, 7) is 0. The minimum atomic E-state index is 0.0695. The zero-order chi connectivity index (χ0) is 11.8. The van der Waals surface area contributed by atoms with Crippen LogP contribution in [0.5, 0.6) is 11.5 Å². The van der Waals surface area contributed by atoms with Gasteiger partial charge in [0, 0.05) is 5.56 Å². The minimum Gasteiger partial charge on any atom is -0.508 e. The normalized spacial score (nSPS) is 10.8. The van der Waals surface area contributed by atoms with Gasteiger partial charge in [-0.15, -0.1) is 0 Å². The SMILES string of the molecule is Oc1ccc(-c2noc3c(O)cccc23)cc1. The minimum absolute atomic E-state index is 0.0695. The molecule has 3 rings (SSSR count). The van der Waals surface area contributed by atoms with E-state index in [1.54, 1.807) is 36.4 Å². The molecule has 0 fully saturated rings. The molecule has 1 aromatic heterocycles. The Bertz CT molecular complexity index is 671. The molecule has 84 valence electrons. The third-order valence-electron chi connectivity index (χ3n) is 2.62. The van der Waals surface area contributed by atoms with Crippen LogP contribution in [0.2, 0.25) is 0 Å². The number of fused-ring (bicyclic) bond motifs is 1. The molecule has 0 saturated carbocycles. The van der Waals surface area contributed by atoms with Crippen LogP contribution in [0.4, 0.5) is 0 Å². The van der Waals surface area contributed by atoms with E-state index in [0.717, 1.165) is 10.9 Å². The molecule has 0 radical (unpaired) electrons. The predicted molar refractivity (Wildman–Crippen MR) is 62.8 cm³/mol. The van der Waals surface area contributed by atoms with Crippen molar-refractivity contribution in [1.29, 1.82) is 0 Å². The number of aromatic hydroxyl groups is 2. The predicted octanol–water partition coefficient (Wildman–Crippen LogP) is 2.91. The fraction of sp³-hybridized carbons (Fsp3) is 0. The maximum atomic E-state index is 9.60. The molecule has 0 aliphatic rings. The highest BCUT2D eigenvalue weighted by Gasteiger charge is 2.12. The molecule has 0 amide bonds. The highest BCUT2D eigenvalue weighted by molar-refractivity contribution is 5.94. The highest BCUT2D eigenvalue weighted by atomic mass is 16.5. The van der Waals surface area contributed by atoms with Gasteiger partial charge >= 0.3 is 0 Å². The Hall–Kier alpha value is -2.49. The molecule has 0 aliphatic heterocycles. The first-order valence-corrected chi connectivity index (χ1v) is 5.12. The third-order valence-corrected chi connectivity index (χ3v) is 2.62. The Kier molecular flexibility index (Phi) is 2.01. The Balaban J connectivity index is 2.24. The number of para-hydroxylation sites is 1. The van der Waals surface area contributed by atoms with Crippen LogP contribution in [0.1, 0.15) is 0 Å². The molecule has 0 unspecified atom stereocenters. The molecule has 3 aromatic rings. The quantitative estimate of drug-likeness (QED) is 0.670. The van der Waals surface area contributed by atoms with E-state index < -0.39 is 0 Å².